The van der Waals surface area contributed by atoms with E-state index in [1.165, 1.54) is 0 Å². The molecular formula is C35H36BNO3. The van der Waals surface area contributed by atoms with Gasteiger partial charge < -0.3 is 19.4 Å². The predicted molar refractivity (Wildman–Crippen MR) is 169 cm³/mol. The summed E-state index contributed by atoms with van der Waals surface area (Å²) in [6.45, 7) is 12.4. The van der Waals surface area contributed by atoms with Crippen LogP contribution in [0.4, 0.5) is 0 Å². The van der Waals surface area contributed by atoms with Gasteiger partial charge in [-0.2, -0.15) is 0 Å². The second-order valence-electron chi connectivity index (χ2n) is 9.73. The molecule has 2 atom stereocenters. The molecule has 0 amide bonds. The first kappa shape index (κ1) is 28.8. The normalized spacial score (nSPS) is 23.3. The van der Waals surface area contributed by atoms with Gasteiger partial charge in [-0.3, -0.25) is 0 Å². The van der Waals surface area contributed by atoms with Gasteiger partial charge in [0.1, 0.15) is 11.3 Å². The van der Waals surface area contributed by atoms with Gasteiger partial charge in [-0.15, -0.1) is 0 Å². The first-order chi connectivity index (χ1) is 19.4. The number of allylic oxidation sites excluding steroid dienone is 13. The van der Waals surface area contributed by atoms with Gasteiger partial charge >= 0.3 is 7.12 Å². The monoisotopic (exact) mass is 529 g/mol. The Morgan fingerprint density at radius 2 is 1.88 bits per heavy atom. The molecule has 0 saturated carbocycles. The molecule has 1 aliphatic carbocycles. The SMILES string of the molecule is C=C1/C=C\C=C/C(C)C(/C=C\C=C/C)=C\N1C1C#C/C=C\Cc2c1oc1c(B(O)O)cc(/C=C\C)c(/C=C\C)c21. The average molecular weight is 529 g/mol. The van der Waals surface area contributed by atoms with Crippen molar-refractivity contribution in [3.8, 4) is 11.8 Å². The zero-order valence-corrected chi connectivity index (χ0v) is 23.6. The molecule has 1 aromatic heterocycles. The van der Waals surface area contributed by atoms with Crippen LogP contribution in [-0.2, 0) is 6.42 Å². The average Bonchev–Trinajstić information content (AvgIpc) is 3.30. The molecule has 0 saturated heterocycles. The zero-order valence-electron chi connectivity index (χ0n) is 23.6. The van der Waals surface area contributed by atoms with Crippen molar-refractivity contribution >= 4 is 35.7 Å². The van der Waals surface area contributed by atoms with E-state index in [9.17, 15) is 10.0 Å². The highest BCUT2D eigenvalue weighted by atomic mass is 16.4. The number of benzene rings is 1. The second-order valence-corrected chi connectivity index (χ2v) is 9.73. The number of rotatable bonds is 6. The predicted octanol–water partition coefficient (Wildman–Crippen LogP) is 6.93. The van der Waals surface area contributed by atoms with Gasteiger partial charge in [-0.1, -0.05) is 104 Å². The molecule has 0 fully saturated rings. The summed E-state index contributed by atoms with van der Waals surface area (Å²) in [6.07, 6.45) is 30.8. The lowest BCUT2D eigenvalue weighted by Crippen LogP contribution is -2.30. The van der Waals surface area contributed by atoms with Gasteiger partial charge in [0.15, 0.2) is 6.04 Å². The lowest BCUT2D eigenvalue weighted by atomic mass is 9.76. The quantitative estimate of drug-likeness (QED) is 0.242. The Labute approximate surface area is 238 Å². The van der Waals surface area contributed by atoms with E-state index >= 15 is 0 Å². The molecular weight excluding hydrogens is 493 g/mol. The molecule has 0 spiro atoms. The van der Waals surface area contributed by atoms with E-state index in [0.29, 0.717) is 23.2 Å². The van der Waals surface area contributed by atoms with Crippen molar-refractivity contribution in [2.24, 2.45) is 5.92 Å². The van der Waals surface area contributed by atoms with Gasteiger partial charge in [-0.05, 0) is 56.0 Å². The van der Waals surface area contributed by atoms with Crippen LogP contribution in [0.3, 0.4) is 0 Å². The van der Waals surface area contributed by atoms with Crippen LogP contribution in [0.15, 0.2) is 107 Å². The van der Waals surface area contributed by atoms with E-state index in [2.05, 4.69) is 48.6 Å². The fourth-order valence-electron chi connectivity index (χ4n) is 5.00. The van der Waals surface area contributed by atoms with Crippen molar-refractivity contribution in [3.05, 3.63) is 125 Å². The smallest absolute Gasteiger partial charge is 0.458 e. The Bertz CT molecular complexity index is 1580. The molecule has 0 radical (unpaired) electrons. The number of hydrogen-bond acceptors (Lipinski definition) is 4. The maximum atomic E-state index is 10.4. The third kappa shape index (κ3) is 5.99. The summed E-state index contributed by atoms with van der Waals surface area (Å²) in [6, 6.07) is 1.29. The topological polar surface area (TPSA) is 56.8 Å². The van der Waals surface area contributed by atoms with Gasteiger partial charge in [-0.25, -0.2) is 0 Å². The van der Waals surface area contributed by atoms with Crippen molar-refractivity contribution in [2.75, 3.05) is 0 Å². The maximum absolute atomic E-state index is 10.4. The lowest BCUT2D eigenvalue weighted by molar-refractivity contribution is 0.363. The Hall–Kier alpha value is -4.24. The number of fused-ring (bicyclic) bond motifs is 3. The highest BCUT2D eigenvalue weighted by Gasteiger charge is 2.31. The molecule has 5 heteroatoms. The van der Waals surface area contributed by atoms with Gasteiger partial charge in [0, 0.05) is 34.2 Å². The fraction of sp³-hybridized carbons (Fsp3) is 0.200. The van der Waals surface area contributed by atoms with Crippen LogP contribution in [-0.4, -0.2) is 22.1 Å². The summed E-state index contributed by atoms with van der Waals surface area (Å²) in [5.41, 5.74) is 5.46. The molecule has 2 unspecified atom stereocenters. The summed E-state index contributed by atoms with van der Waals surface area (Å²) in [5, 5.41) is 21.6. The number of nitrogens with zero attached hydrogens (tertiary/aromatic N) is 1. The van der Waals surface area contributed by atoms with Crippen LogP contribution >= 0.6 is 0 Å². The molecule has 2 heterocycles. The van der Waals surface area contributed by atoms with Crippen molar-refractivity contribution < 1.29 is 14.5 Å². The van der Waals surface area contributed by atoms with Crippen LogP contribution in [0.25, 0.3) is 23.1 Å². The van der Waals surface area contributed by atoms with E-state index in [0.717, 1.165) is 33.3 Å². The van der Waals surface area contributed by atoms with E-state index in [1.807, 2.05) is 93.7 Å². The van der Waals surface area contributed by atoms with Crippen molar-refractivity contribution in [3.63, 3.8) is 0 Å². The third-order valence-corrected chi connectivity index (χ3v) is 6.96. The minimum absolute atomic E-state index is 0.150. The van der Waals surface area contributed by atoms with E-state index in [4.69, 9.17) is 4.42 Å². The summed E-state index contributed by atoms with van der Waals surface area (Å²) in [5.74, 6) is 7.39. The molecule has 4 rings (SSSR count). The molecule has 1 aromatic carbocycles. The van der Waals surface area contributed by atoms with E-state index in [-0.39, 0.29) is 5.92 Å². The summed E-state index contributed by atoms with van der Waals surface area (Å²) in [7, 11) is -1.69. The summed E-state index contributed by atoms with van der Waals surface area (Å²) in [4.78, 5) is 2.06. The fourth-order valence-corrected chi connectivity index (χ4v) is 5.00. The molecule has 2 N–H and O–H groups in total. The Morgan fingerprint density at radius 3 is 2.60 bits per heavy atom. The van der Waals surface area contributed by atoms with Crippen molar-refractivity contribution in [1.29, 1.82) is 0 Å². The second kappa shape index (κ2) is 13.2. The molecule has 2 aromatic rings. The first-order valence-electron chi connectivity index (χ1n) is 13.6. The van der Waals surface area contributed by atoms with Crippen LogP contribution in [0, 0.1) is 17.8 Å². The van der Waals surface area contributed by atoms with Gasteiger partial charge in [0.05, 0.1) is 0 Å². The zero-order chi connectivity index (χ0) is 28.6. The number of hydrogen-bond donors (Lipinski definition) is 2. The molecule has 1 aliphatic heterocycles. The van der Waals surface area contributed by atoms with Crippen molar-refractivity contribution in [1.82, 2.24) is 4.90 Å². The van der Waals surface area contributed by atoms with Crippen LogP contribution in [0.5, 0.6) is 0 Å². The Morgan fingerprint density at radius 1 is 1.07 bits per heavy atom. The van der Waals surface area contributed by atoms with Crippen LogP contribution in [0.2, 0.25) is 0 Å². The maximum Gasteiger partial charge on any atom is 0.492 e. The highest BCUT2D eigenvalue weighted by molar-refractivity contribution is 6.61. The van der Waals surface area contributed by atoms with Gasteiger partial charge in [0.25, 0.3) is 0 Å². The largest absolute Gasteiger partial charge is 0.492 e. The first-order valence-corrected chi connectivity index (χ1v) is 13.6. The van der Waals surface area contributed by atoms with Crippen LogP contribution < -0.4 is 5.46 Å². The van der Waals surface area contributed by atoms with Crippen molar-refractivity contribution in [2.45, 2.75) is 40.2 Å². The molecule has 4 nitrogen and oxygen atoms in total. The number of furan rings is 1. The highest BCUT2D eigenvalue weighted by Crippen LogP contribution is 2.39. The minimum atomic E-state index is -1.69. The Balaban J connectivity index is 2.05. The third-order valence-electron chi connectivity index (χ3n) is 6.96. The molecule has 0 bridgehead atoms. The van der Waals surface area contributed by atoms with E-state index < -0.39 is 13.2 Å². The summed E-state index contributed by atoms with van der Waals surface area (Å²) < 4.78 is 6.62. The molecule has 202 valence electrons. The van der Waals surface area contributed by atoms with Crippen LogP contribution in [0.1, 0.15) is 56.2 Å². The van der Waals surface area contributed by atoms with Gasteiger partial charge in [0.2, 0.25) is 0 Å². The standard InChI is InChI=1S/C35H36BNO3/c1-6-9-11-20-28-24-37(26(5)19-15-14-18-25(28)4)32-22-13-10-12-21-30-33-29(17-8-3)27(16-7-2)23-31(36(38)39)35(33)40-34(30)32/h6-12,14-20,23-25,32,38-39H,5,21H2,1-4H3/b9-6-,12-10-,16-7-,17-8-,18-14-,19-15-,20-11-,28-24-. The summed E-state index contributed by atoms with van der Waals surface area (Å²) >= 11 is 0. The Kier molecular flexibility index (Phi) is 9.50. The molecule has 2 aliphatic rings. The van der Waals surface area contributed by atoms with E-state index in [1.54, 1.807) is 6.07 Å². The molecule has 40 heavy (non-hydrogen) atoms. The minimum Gasteiger partial charge on any atom is -0.458 e. The lowest BCUT2D eigenvalue weighted by Gasteiger charge is -2.28.